The van der Waals surface area contributed by atoms with Gasteiger partial charge >= 0.3 is 0 Å². The van der Waals surface area contributed by atoms with Crippen molar-refractivity contribution in [1.29, 1.82) is 0 Å². The quantitative estimate of drug-likeness (QED) is 0.835. The van der Waals surface area contributed by atoms with E-state index in [1.807, 2.05) is 31.2 Å². The van der Waals surface area contributed by atoms with Crippen LogP contribution in [0.3, 0.4) is 0 Å². The monoisotopic (exact) mass is 282 g/mol. The van der Waals surface area contributed by atoms with Gasteiger partial charge in [-0.05, 0) is 36.8 Å². The van der Waals surface area contributed by atoms with Gasteiger partial charge in [0.05, 0.1) is 5.75 Å². The zero-order valence-corrected chi connectivity index (χ0v) is 12.1. The standard InChI is InChI=1S/C14H22N2O2S/c1-11(14-6-3-7-14)16-19(17,18)10-13-5-2-4-12(8-13)9-15/h2,4-5,8,11,14,16H,3,6-7,9-10,15H2,1H3. The largest absolute Gasteiger partial charge is 0.326 e. The van der Waals surface area contributed by atoms with E-state index in [1.54, 1.807) is 0 Å². The van der Waals surface area contributed by atoms with Gasteiger partial charge in [0, 0.05) is 12.6 Å². The predicted octanol–water partition coefficient (Wildman–Crippen LogP) is 1.75. The van der Waals surface area contributed by atoms with Crippen molar-refractivity contribution in [3.63, 3.8) is 0 Å². The van der Waals surface area contributed by atoms with E-state index in [0.29, 0.717) is 12.5 Å². The van der Waals surface area contributed by atoms with Crippen LogP contribution in [0.25, 0.3) is 0 Å². The van der Waals surface area contributed by atoms with Crippen molar-refractivity contribution < 1.29 is 8.42 Å². The normalized spacial score (nSPS) is 18.0. The topological polar surface area (TPSA) is 72.2 Å². The van der Waals surface area contributed by atoms with Crippen molar-refractivity contribution in [3.05, 3.63) is 35.4 Å². The summed E-state index contributed by atoms with van der Waals surface area (Å²) in [5.41, 5.74) is 7.31. The summed E-state index contributed by atoms with van der Waals surface area (Å²) in [5.74, 6) is 0.530. The summed E-state index contributed by atoms with van der Waals surface area (Å²) in [5, 5.41) is 0. The van der Waals surface area contributed by atoms with Crippen LogP contribution in [0.4, 0.5) is 0 Å². The second kappa shape index (κ2) is 6.03. The summed E-state index contributed by atoms with van der Waals surface area (Å²) in [7, 11) is -3.27. The van der Waals surface area contributed by atoms with Gasteiger partial charge in [-0.1, -0.05) is 30.7 Å². The van der Waals surface area contributed by atoms with Gasteiger partial charge in [0.2, 0.25) is 10.0 Å². The molecule has 1 aliphatic rings. The Hall–Kier alpha value is -0.910. The molecule has 3 N–H and O–H groups in total. The van der Waals surface area contributed by atoms with Crippen LogP contribution in [0, 0.1) is 5.92 Å². The van der Waals surface area contributed by atoms with E-state index < -0.39 is 10.0 Å². The number of hydrogen-bond acceptors (Lipinski definition) is 3. The molecule has 1 saturated carbocycles. The van der Waals surface area contributed by atoms with Crippen molar-refractivity contribution in [3.8, 4) is 0 Å². The average molecular weight is 282 g/mol. The average Bonchev–Trinajstić information content (AvgIpc) is 2.25. The molecule has 1 fully saturated rings. The summed E-state index contributed by atoms with van der Waals surface area (Å²) in [6.07, 6.45) is 3.48. The molecule has 0 amide bonds. The van der Waals surface area contributed by atoms with Gasteiger partial charge in [0.1, 0.15) is 0 Å². The highest BCUT2D eigenvalue weighted by atomic mass is 32.2. The summed E-state index contributed by atoms with van der Waals surface area (Å²) < 4.78 is 27.0. The van der Waals surface area contributed by atoms with Crippen LogP contribution in [0.5, 0.6) is 0 Å². The fraction of sp³-hybridized carbons (Fsp3) is 0.571. The molecule has 5 heteroatoms. The molecule has 1 unspecified atom stereocenters. The van der Waals surface area contributed by atoms with Crippen LogP contribution in [-0.2, 0) is 22.3 Å². The highest BCUT2D eigenvalue weighted by Gasteiger charge is 2.27. The van der Waals surface area contributed by atoms with E-state index in [1.165, 1.54) is 6.42 Å². The molecule has 0 aliphatic heterocycles. The Balaban J connectivity index is 1.99. The molecule has 0 spiro atoms. The lowest BCUT2D eigenvalue weighted by molar-refractivity contribution is 0.260. The first-order valence-electron chi connectivity index (χ1n) is 6.78. The van der Waals surface area contributed by atoms with Crippen LogP contribution in [0.15, 0.2) is 24.3 Å². The van der Waals surface area contributed by atoms with E-state index in [0.717, 1.165) is 24.0 Å². The number of nitrogens with two attached hydrogens (primary N) is 1. The van der Waals surface area contributed by atoms with Crippen molar-refractivity contribution in [2.45, 2.75) is 44.5 Å². The molecule has 4 nitrogen and oxygen atoms in total. The predicted molar refractivity (Wildman–Crippen MR) is 76.9 cm³/mol. The first-order chi connectivity index (χ1) is 9.00. The lowest BCUT2D eigenvalue weighted by atomic mass is 9.81. The van der Waals surface area contributed by atoms with Crippen LogP contribution >= 0.6 is 0 Å². The van der Waals surface area contributed by atoms with E-state index in [-0.39, 0.29) is 11.8 Å². The third kappa shape index (κ3) is 4.03. The van der Waals surface area contributed by atoms with Crippen molar-refractivity contribution in [2.24, 2.45) is 11.7 Å². The van der Waals surface area contributed by atoms with Gasteiger partial charge in [-0.15, -0.1) is 0 Å². The molecule has 0 heterocycles. The minimum Gasteiger partial charge on any atom is -0.326 e. The SMILES string of the molecule is CC(NS(=O)(=O)Cc1cccc(CN)c1)C1CCC1. The van der Waals surface area contributed by atoms with Gasteiger partial charge in [0.15, 0.2) is 0 Å². The molecule has 1 atom stereocenters. The molecule has 0 saturated heterocycles. The van der Waals surface area contributed by atoms with Crippen LogP contribution in [0.1, 0.15) is 37.3 Å². The number of rotatable bonds is 6. The van der Waals surface area contributed by atoms with E-state index in [4.69, 9.17) is 5.73 Å². The highest BCUT2D eigenvalue weighted by molar-refractivity contribution is 7.88. The maximum atomic E-state index is 12.1. The Labute approximate surface area is 115 Å². The summed E-state index contributed by atoms with van der Waals surface area (Å²) in [6, 6.07) is 7.47. The Bertz CT molecular complexity index is 524. The van der Waals surface area contributed by atoms with E-state index in [2.05, 4.69) is 4.72 Å². The molecule has 19 heavy (non-hydrogen) atoms. The van der Waals surface area contributed by atoms with Gasteiger partial charge in [0.25, 0.3) is 0 Å². The minimum absolute atomic E-state index is 0.0257. The lowest BCUT2D eigenvalue weighted by Crippen LogP contribution is -2.41. The molecule has 1 aromatic carbocycles. The van der Waals surface area contributed by atoms with E-state index >= 15 is 0 Å². The first kappa shape index (κ1) is 14.5. The zero-order chi connectivity index (χ0) is 13.9. The lowest BCUT2D eigenvalue weighted by Gasteiger charge is -2.31. The molecule has 2 rings (SSSR count). The Morgan fingerprint density at radius 3 is 2.63 bits per heavy atom. The Morgan fingerprint density at radius 2 is 2.05 bits per heavy atom. The van der Waals surface area contributed by atoms with Gasteiger partial charge in [-0.2, -0.15) is 0 Å². The van der Waals surface area contributed by atoms with Crippen LogP contribution in [-0.4, -0.2) is 14.5 Å². The molecule has 0 bridgehead atoms. The second-order valence-electron chi connectivity index (χ2n) is 5.38. The second-order valence-corrected chi connectivity index (χ2v) is 7.13. The third-order valence-corrected chi connectivity index (χ3v) is 5.25. The fourth-order valence-electron chi connectivity index (χ4n) is 2.43. The molecule has 106 valence electrons. The number of nitrogens with one attached hydrogen (secondary N) is 1. The maximum absolute atomic E-state index is 12.1. The first-order valence-corrected chi connectivity index (χ1v) is 8.43. The van der Waals surface area contributed by atoms with Crippen LogP contribution < -0.4 is 10.5 Å². The number of sulfonamides is 1. The summed E-state index contributed by atoms with van der Waals surface area (Å²) >= 11 is 0. The highest BCUT2D eigenvalue weighted by Crippen LogP contribution is 2.29. The van der Waals surface area contributed by atoms with Crippen molar-refractivity contribution in [1.82, 2.24) is 4.72 Å². The Morgan fingerprint density at radius 1 is 1.37 bits per heavy atom. The number of hydrogen-bond donors (Lipinski definition) is 2. The molecule has 1 aliphatic carbocycles. The summed E-state index contributed by atoms with van der Waals surface area (Å²) in [4.78, 5) is 0. The molecular weight excluding hydrogens is 260 g/mol. The Kier molecular flexibility index (Phi) is 4.60. The minimum atomic E-state index is -3.27. The summed E-state index contributed by atoms with van der Waals surface area (Å²) in [6.45, 7) is 2.39. The molecular formula is C14H22N2O2S. The zero-order valence-electron chi connectivity index (χ0n) is 11.3. The van der Waals surface area contributed by atoms with Crippen LogP contribution in [0.2, 0.25) is 0 Å². The molecule has 0 aromatic heterocycles. The van der Waals surface area contributed by atoms with Gasteiger partial charge in [-0.25, -0.2) is 13.1 Å². The molecule has 1 aromatic rings. The van der Waals surface area contributed by atoms with Crippen molar-refractivity contribution >= 4 is 10.0 Å². The van der Waals surface area contributed by atoms with Crippen molar-refractivity contribution in [2.75, 3.05) is 0 Å². The van der Waals surface area contributed by atoms with E-state index in [9.17, 15) is 8.42 Å². The van der Waals surface area contributed by atoms with Gasteiger partial charge in [-0.3, -0.25) is 0 Å². The molecule has 0 radical (unpaired) electrons. The van der Waals surface area contributed by atoms with Gasteiger partial charge < -0.3 is 5.73 Å². The smallest absolute Gasteiger partial charge is 0.216 e. The fourth-order valence-corrected chi connectivity index (χ4v) is 3.89. The number of benzene rings is 1. The third-order valence-electron chi connectivity index (χ3n) is 3.81. The maximum Gasteiger partial charge on any atom is 0.216 e.